The van der Waals surface area contributed by atoms with Crippen molar-refractivity contribution < 1.29 is 0 Å². The summed E-state index contributed by atoms with van der Waals surface area (Å²) in [5.41, 5.74) is 4.12. The summed E-state index contributed by atoms with van der Waals surface area (Å²) in [6.45, 7) is 0.887. The summed E-state index contributed by atoms with van der Waals surface area (Å²) in [6.07, 6.45) is 9.72. The lowest BCUT2D eigenvalue weighted by atomic mass is 10.1. The smallest absolute Gasteiger partial charge is 0.137 e. The van der Waals surface area contributed by atoms with Gasteiger partial charge in [0.15, 0.2) is 0 Å². The maximum Gasteiger partial charge on any atom is 0.137 e. The van der Waals surface area contributed by atoms with Gasteiger partial charge in [0.1, 0.15) is 5.65 Å². The maximum absolute atomic E-state index is 4.70. The van der Waals surface area contributed by atoms with E-state index in [1.165, 1.54) is 0 Å². The molecule has 0 aliphatic carbocycles. The first kappa shape index (κ1) is 13.8. The van der Waals surface area contributed by atoms with Gasteiger partial charge in [-0.3, -0.25) is 9.36 Å². The highest BCUT2D eigenvalue weighted by Crippen LogP contribution is 2.25. The quantitative estimate of drug-likeness (QED) is 0.616. The number of aromatic amines is 1. The highest BCUT2D eigenvalue weighted by Gasteiger charge is 2.08. The molecule has 4 aromatic heterocycles. The molecule has 6 heteroatoms. The number of H-pyrrole nitrogens is 1. The molecule has 0 aliphatic heterocycles. The normalized spacial score (nSPS) is 11.3. The maximum atomic E-state index is 4.70. The molecule has 0 fully saturated rings. The van der Waals surface area contributed by atoms with E-state index in [1.54, 1.807) is 0 Å². The number of fused-ring (bicyclic) bond motifs is 1. The summed E-state index contributed by atoms with van der Waals surface area (Å²) in [5.74, 6) is 0. The Kier molecular flexibility index (Phi) is 3.42. The number of aromatic nitrogens is 6. The van der Waals surface area contributed by atoms with E-state index in [0.717, 1.165) is 47.4 Å². The molecule has 23 heavy (non-hydrogen) atoms. The highest BCUT2D eigenvalue weighted by molar-refractivity contribution is 5.91. The van der Waals surface area contributed by atoms with Crippen molar-refractivity contribution in [1.29, 1.82) is 0 Å². The molecule has 0 aromatic carbocycles. The summed E-state index contributed by atoms with van der Waals surface area (Å²) in [4.78, 5) is 7.46. The predicted molar refractivity (Wildman–Crippen MR) is 88.8 cm³/mol. The van der Waals surface area contributed by atoms with Crippen LogP contribution in [0.4, 0.5) is 0 Å². The number of hydrogen-bond donors (Lipinski definition) is 1. The van der Waals surface area contributed by atoms with Gasteiger partial charge in [0.25, 0.3) is 0 Å². The molecule has 0 atom stereocenters. The van der Waals surface area contributed by atoms with Crippen LogP contribution in [-0.4, -0.2) is 29.5 Å². The summed E-state index contributed by atoms with van der Waals surface area (Å²) in [5, 5.41) is 10.2. The minimum atomic E-state index is 0.887. The van der Waals surface area contributed by atoms with Crippen LogP contribution in [0.15, 0.2) is 49.1 Å². The van der Waals surface area contributed by atoms with Crippen LogP contribution in [0.2, 0.25) is 0 Å². The number of aryl methyl sites for hydroxylation is 3. The molecule has 4 heterocycles. The highest BCUT2D eigenvalue weighted by atomic mass is 15.3. The Labute approximate surface area is 133 Å². The number of rotatable bonds is 5. The van der Waals surface area contributed by atoms with Crippen molar-refractivity contribution in [2.45, 2.75) is 19.4 Å². The molecule has 6 nitrogen and oxygen atoms in total. The summed E-state index contributed by atoms with van der Waals surface area (Å²) in [7, 11) is 1.94. The molecule has 0 saturated heterocycles. The SMILES string of the molecule is Cn1ccc(CCCn2ccc(-c3ccnc4[nH]ccc34)n2)n1. The summed E-state index contributed by atoms with van der Waals surface area (Å²) in [6, 6.07) is 8.17. The van der Waals surface area contributed by atoms with Crippen molar-refractivity contribution in [2.24, 2.45) is 7.05 Å². The third-order valence-electron chi connectivity index (χ3n) is 3.97. The molecule has 0 aliphatic rings. The minimum Gasteiger partial charge on any atom is -0.346 e. The zero-order valence-corrected chi connectivity index (χ0v) is 13.0. The summed E-state index contributed by atoms with van der Waals surface area (Å²) >= 11 is 0. The van der Waals surface area contributed by atoms with Crippen LogP contribution in [0.3, 0.4) is 0 Å². The first-order valence-electron chi connectivity index (χ1n) is 7.74. The lowest BCUT2D eigenvalue weighted by Crippen LogP contribution is -2.01. The number of pyridine rings is 1. The van der Waals surface area contributed by atoms with Gasteiger partial charge < -0.3 is 4.98 Å². The average molecular weight is 306 g/mol. The first-order chi connectivity index (χ1) is 11.3. The number of nitrogens with zero attached hydrogens (tertiary/aromatic N) is 5. The van der Waals surface area contributed by atoms with Gasteiger partial charge >= 0.3 is 0 Å². The van der Waals surface area contributed by atoms with Crippen molar-refractivity contribution >= 4 is 11.0 Å². The Balaban J connectivity index is 1.47. The van der Waals surface area contributed by atoms with Crippen molar-refractivity contribution in [2.75, 3.05) is 0 Å². The second kappa shape index (κ2) is 5.72. The molecular weight excluding hydrogens is 288 g/mol. The second-order valence-corrected chi connectivity index (χ2v) is 5.65. The van der Waals surface area contributed by atoms with Crippen LogP contribution < -0.4 is 0 Å². The summed E-state index contributed by atoms with van der Waals surface area (Å²) < 4.78 is 3.84. The molecule has 0 radical (unpaired) electrons. The topological polar surface area (TPSA) is 64.3 Å². The lowest BCUT2D eigenvalue weighted by Gasteiger charge is -2.01. The predicted octanol–water partition coefficient (Wildman–Crippen LogP) is 2.79. The van der Waals surface area contributed by atoms with Gasteiger partial charge in [-0.2, -0.15) is 10.2 Å². The lowest BCUT2D eigenvalue weighted by molar-refractivity contribution is 0.573. The molecule has 0 amide bonds. The van der Waals surface area contributed by atoms with Gasteiger partial charge in [0.2, 0.25) is 0 Å². The van der Waals surface area contributed by atoms with Crippen molar-refractivity contribution in [3.63, 3.8) is 0 Å². The zero-order valence-electron chi connectivity index (χ0n) is 13.0. The van der Waals surface area contributed by atoms with E-state index < -0.39 is 0 Å². The minimum absolute atomic E-state index is 0.887. The van der Waals surface area contributed by atoms with Crippen LogP contribution >= 0.6 is 0 Å². The Morgan fingerprint density at radius 1 is 1.09 bits per heavy atom. The fourth-order valence-corrected chi connectivity index (χ4v) is 2.83. The molecule has 0 saturated carbocycles. The fraction of sp³-hybridized carbons (Fsp3) is 0.235. The van der Waals surface area contributed by atoms with Gasteiger partial charge in [0, 0.05) is 49.3 Å². The van der Waals surface area contributed by atoms with Crippen LogP contribution in [0.1, 0.15) is 12.1 Å². The molecule has 0 bridgehead atoms. The molecule has 0 spiro atoms. The van der Waals surface area contributed by atoms with Gasteiger partial charge in [-0.25, -0.2) is 4.98 Å². The van der Waals surface area contributed by atoms with E-state index in [1.807, 2.05) is 53.3 Å². The Morgan fingerprint density at radius 2 is 2.04 bits per heavy atom. The van der Waals surface area contributed by atoms with Gasteiger partial charge in [-0.15, -0.1) is 0 Å². The third kappa shape index (κ3) is 2.75. The van der Waals surface area contributed by atoms with E-state index in [9.17, 15) is 0 Å². The third-order valence-corrected chi connectivity index (χ3v) is 3.97. The molecule has 4 rings (SSSR count). The Hall–Kier alpha value is -2.89. The van der Waals surface area contributed by atoms with Gasteiger partial charge in [-0.1, -0.05) is 0 Å². The van der Waals surface area contributed by atoms with E-state index in [-0.39, 0.29) is 0 Å². The number of hydrogen-bond acceptors (Lipinski definition) is 3. The molecular formula is C17H18N6. The van der Waals surface area contributed by atoms with Crippen LogP contribution in [0.5, 0.6) is 0 Å². The zero-order chi connectivity index (χ0) is 15.6. The van der Waals surface area contributed by atoms with Crippen LogP contribution in [0, 0.1) is 0 Å². The molecule has 116 valence electrons. The molecule has 0 unspecified atom stereocenters. The van der Waals surface area contributed by atoms with Crippen LogP contribution in [-0.2, 0) is 20.0 Å². The largest absolute Gasteiger partial charge is 0.346 e. The standard InChI is InChI=1S/C17H18N6/c1-22-11-6-13(20-22)3-2-10-23-12-7-16(21-23)14-4-8-18-17-15(14)5-9-19-17/h4-9,11-12H,2-3,10H2,1H3,(H,18,19). The Bertz CT molecular complexity index is 929. The van der Waals surface area contributed by atoms with E-state index in [0.29, 0.717) is 0 Å². The van der Waals surface area contributed by atoms with Crippen molar-refractivity contribution in [3.8, 4) is 11.3 Å². The average Bonchev–Trinajstić information content (AvgIpc) is 3.27. The van der Waals surface area contributed by atoms with E-state index >= 15 is 0 Å². The van der Waals surface area contributed by atoms with Crippen molar-refractivity contribution in [3.05, 3.63) is 54.7 Å². The van der Waals surface area contributed by atoms with Gasteiger partial charge in [0.05, 0.1) is 11.4 Å². The van der Waals surface area contributed by atoms with Gasteiger partial charge in [-0.05, 0) is 37.1 Å². The second-order valence-electron chi connectivity index (χ2n) is 5.65. The van der Waals surface area contributed by atoms with Crippen molar-refractivity contribution in [1.82, 2.24) is 29.5 Å². The number of nitrogens with one attached hydrogen (secondary N) is 1. The fourth-order valence-electron chi connectivity index (χ4n) is 2.83. The molecule has 4 aromatic rings. The van der Waals surface area contributed by atoms with E-state index in [4.69, 9.17) is 5.10 Å². The van der Waals surface area contributed by atoms with Crippen LogP contribution in [0.25, 0.3) is 22.3 Å². The van der Waals surface area contributed by atoms with E-state index in [2.05, 4.69) is 27.2 Å². The monoisotopic (exact) mass is 306 g/mol. The molecule has 1 N–H and O–H groups in total. The first-order valence-corrected chi connectivity index (χ1v) is 7.74. The Morgan fingerprint density at radius 3 is 2.91 bits per heavy atom.